The number of carbonyl (C=O) groups is 4. The Kier molecular flexibility index (Phi) is 16.2. The Bertz CT molecular complexity index is 1450. The molecule has 1 aromatic carbocycles. The first kappa shape index (κ1) is 43.5. The van der Waals surface area contributed by atoms with Gasteiger partial charge in [-0.05, 0) is 75.0 Å². The third-order valence-corrected chi connectivity index (χ3v) is 12.0. The number of ether oxygens (including phenoxy) is 3. The number of aliphatic imine (C=N–C) groups is 1. The average Bonchev–Trinajstić information content (AvgIpc) is 3.80. The van der Waals surface area contributed by atoms with E-state index in [0.29, 0.717) is 31.7 Å². The van der Waals surface area contributed by atoms with E-state index < -0.39 is 36.0 Å². The van der Waals surface area contributed by atoms with Gasteiger partial charge in [-0.25, -0.2) is 0 Å². The smallest absolute Gasteiger partial charge is 0.245 e. The minimum atomic E-state index is -0.973. The predicted molar refractivity (Wildman–Crippen MR) is 210 cm³/mol. The highest BCUT2D eigenvalue weighted by atomic mass is 32.2. The molecule has 0 unspecified atom stereocenters. The lowest BCUT2D eigenvalue weighted by Gasteiger charge is -2.34. The topological polar surface area (TPSA) is 168 Å². The summed E-state index contributed by atoms with van der Waals surface area (Å²) in [6, 6.07) is 4.24. The first-order chi connectivity index (χ1) is 25.5. The summed E-state index contributed by atoms with van der Waals surface area (Å²) >= 11 is 1.63. The molecule has 4 amide bonds. The summed E-state index contributed by atoms with van der Waals surface area (Å²) in [5, 5.41) is 20.6. The van der Waals surface area contributed by atoms with Crippen LogP contribution in [0.1, 0.15) is 92.6 Å². The number of hydrogen-bond acceptors (Lipinski definition) is 10. The summed E-state index contributed by atoms with van der Waals surface area (Å²) in [5.41, 5.74) is 0.645. The molecular weight excluding hydrogens is 711 g/mol. The predicted octanol–water partition coefficient (Wildman–Crippen LogP) is 3.85. The normalized spacial score (nSPS) is 32.1. The molecule has 3 aliphatic heterocycles. The van der Waals surface area contributed by atoms with E-state index in [1.807, 2.05) is 19.1 Å². The Balaban J connectivity index is 1.52. The number of nitrogens with one attached hydrogen (secondary N) is 3. The molecule has 0 spiro atoms. The van der Waals surface area contributed by atoms with Crippen LogP contribution < -0.4 is 20.7 Å². The van der Waals surface area contributed by atoms with Gasteiger partial charge in [-0.1, -0.05) is 46.8 Å². The number of thioether (sulfide) groups is 1. The molecule has 1 fully saturated rings. The van der Waals surface area contributed by atoms with Gasteiger partial charge in [0.15, 0.2) is 0 Å². The van der Waals surface area contributed by atoms with Gasteiger partial charge in [0.25, 0.3) is 0 Å². The molecule has 9 atom stereocenters. The van der Waals surface area contributed by atoms with Crippen molar-refractivity contribution < 1.29 is 38.5 Å². The fraction of sp³-hybridized carbons (Fsp3) is 0.725. The zero-order chi connectivity index (χ0) is 39.6. The molecule has 0 aliphatic carbocycles. The third-order valence-electron chi connectivity index (χ3n) is 10.7. The molecule has 302 valence electrons. The Hall–Kier alpha value is -3.20. The van der Waals surface area contributed by atoms with E-state index in [4.69, 9.17) is 19.2 Å². The van der Waals surface area contributed by atoms with Crippen molar-refractivity contribution in [3.05, 3.63) is 29.8 Å². The van der Waals surface area contributed by atoms with E-state index in [0.717, 1.165) is 35.6 Å². The number of aliphatic hydroxyl groups is 1. The Morgan fingerprint density at radius 2 is 1.67 bits per heavy atom. The van der Waals surface area contributed by atoms with E-state index in [2.05, 4.69) is 43.6 Å². The zero-order valence-electron chi connectivity index (χ0n) is 33.4. The SMILES string of the molecule is COc1ccc(C[C@@H]2NC(=O)CC[C@@H]3CSC(=N3)[C@@H](C)[C@@H](O)C[C@H](C)C[C@@H](C(C)(C)C)OCOC[C@@H]3CCCN3C(=O)[C@H](C)NC(=O)[C@H](C)NC2=O)cc1. The van der Waals surface area contributed by atoms with Gasteiger partial charge in [0, 0.05) is 31.1 Å². The first-order valence-corrected chi connectivity index (χ1v) is 20.5. The quantitative estimate of drug-likeness (QED) is 0.357. The number of benzene rings is 1. The van der Waals surface area contributed by atoms with E-state index >= 15 is 0 Å². The number of rotatable bonds is 3. The largest absolute Gasteiger partial charge is 0.497 e. The van der Waals surface area contributed by atoms with Gasteiger partial charge in [-0.2, -0.15) is 0 Å². The lowest BCUT2D eigenvalue weighted by Crippen LogP contribution is -2.56. The second-order valence-corrected chi connectivity index (χ2v) is 17.4. The summed E-state index contributed by atoms with van der Waals surface area (Å²) in [5.74, 6) is -0.130. The van der Waals surface area contributed by atoms with Crippen molar-refractivity contribution in [2.24, 2.45) is 22.2 Å². The number of fused-ring (bicyclic) bond motifs is 2. The van der Waals surface area contributed by atoms with Crippen molar-refractivity contribution in [2.75, 3.05) is 32.8 Å². The number of nitrogens with zero attached hydrogens (tertiary/aromatic N) is 2. The number of hydrogen-bond donors (Lipinski definition) is 4. The van der Waals surface area contributed by atoms with Gasteiger partial charge >= 0.3 is 0 Å². The summed E-state index contributed by atoms with van der Waals surface area (Å²) < 4.78 is 17.6. The number of methoxy groups -OCH3 is 1. The van der Waals surface area contributed by atoms with Gasteiger partial charge in [0.1, 0.15) is 30.7 Å². The van der Waals surface area contributed by atoms with E-state index in [-0.39, 0.29) is 66.9 Å². The fourth-order valence-electron chi connectivity index (χ4n) is 7.16. The fourth-order valence-corrected chi connectivity index (χ4v) is 8.41. The molecule has 14 heteroatoms. The molecule has 4 rings (SSSR count). The van der Waals surface area contributed by atoms with Crippen molar-refractivity contribution in [3.63, 3.8) is 0 Å². The molecule has 13 nitrogen and oxygen atoms in total. The maximum Gasteiger partial charge on any atom is 0.245 e. The number of aliphatic hydroxyl groups excluding tert-OH is 1. The van der Waals surface area contributed by atoms with Crippen LogP contribution in [0.4, 0.5) is 0 Å². The minimum absolute atomic E-state index is 0.0812. The number of carbonyl (C=O) groups excluding carboxylic acids is 4. The molecule has 3 heterocycles. The van der Waals surface area contributed by atoms with Gasteiger partial charge in [-0.15, -0.1) is 11.8 Å². The van der Waals surface area contributed by atoms with Crippen LogP contribution in [0, 0.1) is 17.3 Å². The third kappa shape index (κ3) is 12.7. The van der Waals surface area contributed by atoms with E-state index in [1.54, 1.807) is 49.8 Å². The lowest BCUT2D eigenvalue weighted by molar-refractivity contribution is -0.145. The highest BCUT2D eigenvalue weighted by molar-refractivity contribution is 8.14. The standard InChI is InChI=1S/C40H63N5O8S/c1-24-18-33(46)25(2)38-43-29(22-54-38)13-16-35(47)44-32(20-28-11-14-31(51-8)15-12-28)37(49)41-26(3)36(48)42-27(4)39(50)45-17-9-10-30(45)21-52-23-53-34(19-24)40(5,6)7/h11-12,14-15,24-27,29-30,32-34,46H,9-10,13,16-23H2,1-8H3,(H,41,49)(H,42,48)(H,44,47)/t24-,25-,26-,27-,29+,30-,32-,33-,34-/m0/s1. The lowest BCUT2D eigenvalue weighted by atomic mass is 9.81. The molecule has 0 saturated carbocycles. The highest BCUT2D eigenvalue weighted by Gasteiger charge is 2.35. The molecule has 54 heavy (non-hydrogen) atoms. The van der Waals surface area contributed by atoms with Crippen LogP contribution in [-0.2, 0) is 35.1 Å². The van der Waals surface area contributed by atoms with Crippen molar-refractivity contribution >= 4 is 40.4 Å². The van der Waals surface area contributed by atoms with Crippen molar-refractivity contribution in [1.82, 2.24) is 20.9 Å². The van der Waals surface area contributed by atoms with Crippen LogP contribution in [0.2, 0.25) is 0 Å². The average molecular weight is 774 g/mol. The van der Waals surface area contributed by atoms with E-state index in [9.17, 15) is 24.3 Å². The maximum atomic E-state index is 13.6. The number of amides is 4. The molecule has 3 aliphatic rings. The van der Waals surface area contributed by atoms with Gasteiger partial charge in [0.2, 0.25) is 23.6 Å². The van der Waals surface area contributed by atoms with Crippen LogP contribution in [0.15, 0.2) is 29.3 Å². The van der Waals surface area contributed by atoms with Crippen molar-refractivity contribution in [2.45, 2.75) is 136 Å². The van der Waals surface area contributed by atoms with Crippen LogP contribution >= 0.6 is 11.8 Å². The summed E-state index contributed by atoms with van der Waals surface area (Å²) in [7, 11) is 1.57. The summed E-state index contributed by atoms with van der Waals surface area (Å²) in [4.78, 5) is 60.4. The van der Waals surface area contributed by atoms with Gasteiger partial charge in [-0.3, -0.25) is 24.2 Å². The van der Waals surface area contributed by atoms with E-state index in [1.165, 1.54) is 0 Å². The minimum Gasteiger partial charge on any atom is -0.497 e. The molecule has 1 aromatic rings. The van der Waals surface area contributed by atoms with Crippen LogP contribution in [0.5, 0.6) is 5.75 Å². The second kappa shape index (κ2) is 20.1. The zero-order valence-corrected chi connectivity index (χ0v) is 34.2. The maximum absolute atomic E-state index is 13.6. The Morgan fingerprint density at radius 3 is 2.35 bits per heavy atom. The van der Waals surface area contributed by atoms with Crippen LogP contribution in [0.25, 0.3) is 0 Å². The highest BCUT2D eigenvalue weighted by Crippen LogP contribution is 2.33. The second-order valence-electron chi connectivity index (χ2n) is 16.4. The Morgan fingerprint density at radius 1 is 0.963 bits per heavy atom. The van der Waals surface area contributed by atoms with Crippen LogP contribution in [-0.4, -0.2) is 114 Å². The summed E-state index contributed by atoms with van der Waals surface area (Å²) in [6.07, 6.45) is 3.09. The van der Waals surface area contributed by atoms with Crippen molar-refractivity contribution in [3.8, 4) is 5.75 Å². The van der Waals surface area contributed by atoms with Gasteiger partial charge < -0.3 is 40.2 Å². The molecule has 0 aromatic heterocycles. The van der Waals surface area contributed by atoms with Crippen LogP contribution in [0.3, 0.4) is 0 Å². The molecule has 1 saturated heterocycles. The first-order valence-electron chi connectivity index (χ1n) is 19.5. The molecule has 4 N–H and O–H groups in total. The summed E-state index contributed by atoms with van der Waals surface area (Å²) in [6.45, 7) is 14.7. The molecule has 0 radical (unpaired) electrons. The van der Waals surface area contributed by atoms with Gasteiger partial charge in [0.05, 0.1) is 43.1 Å². The molecule has 2 bridgehead atoms. The Labute approximate surface area is 325 Å². The molecular formula is C40H63N5O8S. The van der Waals surface area contributed by atoms with Crippen molar-refractivity contribution in [1.29, 1.82) is 0 Å². The monoisotopic (exact) mass is 773 g/mol.